The highest BCUT2D eigenvalue weighted by Gasteiger charge is 2.58. The van der Waals surface area contributed by atoms with Crippen LogP contribution in [0.4, 0.5) is 17.3 Å². The average molecular weight is 1210 g/mol. The maximum atomic E-state index is 10.3. The van der Waals surface area contributed by atoms with Crippen LogP contribution in [0.1, 0.15) is 74.6 Å². The molecular formula is C64H69BrN16O4. The smallest absolute Gasteiger partial charge is 0.212 e. The fourth-order valence-corrected chi connectivity index (χ4v) is 15.8. The van der Waals surface area contributed by atoms with Crippen molar-refractivity contribution in [3.8, 4) is 46.2 Å². The van der Waals surface area contributed by atoms with E-state index in [-0.39, 0.29) is 11.0 Å². The molecule has 3 N–H and O–H groups in total. The van der Waals surface area contributed by atoms with E-state index in [1.165, 1.54) is 24.0 Å². The number of hydrogen-bond acceptors (Lipinski definition) is 18. The number of ether oxygens (including phenoxy) is 2. The van der Waals surface area contributed by atoms with Gasteiger partial charge < -0.3 is 39.7 Å². The number of piperidine rings is 2. The number of fused-ring (bicyclic) bond motifs is 6. The number of nitrogens with one attached hydrogen (secondary N) is 1. The maximum Gasteiger partial charge on any atom is 0.212 e. The molecule has 4 atom stereocenters. The first-order valence-corrected chi connectivity index (χ1v) is 30.2. The van der Waals surface area contributed by atoms with Crippen molar-refractivity contribution in [1.29, 1.82) is 10.5 Å². The maximum absolute atomic E-state index is 10.3. The molecule has 8 aromatic rings. The largest absolute Gasteiger partial charge is 0.481 e. The first-order chi connectivity index (χ1) is 41.1. The Morgan fingerprint density at radius 2 is 1.06 bits per heavy atom. The second-order valence-electron chi connectivity index (χ2n) is 25.7. The highest BCUT2D eigenvalue weighted by Crippen LogP contribution is 2.55. The molecule has 0 radical (unpaired) electrons. The lowest BCUT2D eigenvalue weighted by Crippen LogP contribution is -2.68. The topological polar surface area (TPSA) is 221 Å². The van der Waals surface area contributed by atoms with Crippen LogP contribution < -0.4 is 29.5 Å². The molecule has 0 aromatic carbocycles. The van der Waals surface area contributed by atoms with E-state index in [1.807, 2.05) is 73.7 Å². The molecule has 2 saturated carbocycles. The summed E-state index contributed by atoms with van der Waals surface area (Å²) in [5.74, 6) is 3.27. The summed E-state index contributed by atoms with van der Waals surface area (Å²) in [6, 6.07) is 27.2. The summed E-state index contributed by atoms with van der Waals surface area (Å²) in [5.41, 5.74) is 9.91. The van der Waals surface area contributed by atoms with Crippen molar-refractivity contribution in [3.05, 3.63) is 137 Å². The fraction of sp³-hybridized carbons (Fsp3) is 0.438. The number of piperazine rings is 2. The molecule has 0 amide bonds. The SMILES string of the molecule is CC1(O)CC2(CNC2)C1.COc1ccc(CN2C3CC2CN(c2ccc(-c4cc(Br)cn5ncc(C#N)c45)cn2)C3)cn1.COc1ccc(CN2C3CC2CN(c2ccc(-c4cc(N5CC6(C5)CC(C)(O)C6)cn5ncc(C#N)c45)cn2)C3)cn1. The van der Waals surface area contributed by atoms with Crippen LogP contribution >= 0.6 is 15.9 Å². The van der Waals surface area contributed by atoms with Crippen LogP contribution in [0.25, 0.3) is 33.3 Å². The number of methoxy groups -OCH3 is 2. The number of rotatable bonds is 11. The third-order valence-electron chi connectivity index (χ3n) is 19.1. The molecule has 8 aliphatic heterocycles. The molecule has 2 spiro atoms. The summed E-state index contributed by atoms with van der Waals surface area (Å²) in [6.45, 7) is 13.6. The van der Waals surface area contributed by atoms with Crippen molar-refractivity contribution in [2.45, 2.75) is 101 Å². The molecular weight excluding hydrogens is 1140 g/mol. The van der Waals surface area contributed by atoms with E-state index in [0.29, 0.717) is 52.5 Å². The molecule has 16 heterocycles. The lowest BCUT2D eigenvalue weighted by Gasteiger charge is -2.62. The molecule has 10 aliphatic rings. The number of halogens is 1. The number of nitriles is 2. The summed E-state index contributed by atoms with van der Waals surface area (Å²) in [4.78, 5) is 30.7. The Hall–Kier alpha value is -7.76. The second kappa shape index (κ2) is 21.3. The molecule has 21 heteroatoms. The number of aliphatic hydroxyl groups is 2. The van der Waals surface area contributed by atoms with Crippen molar-refractivity contribution >= 4 is 44.3 Å². The van der Waals surface area contributed by atoms with E-state index >= 15 is 0 Å². The van der Waals surface area contributed by atoms with Crippen molar-refractivity contribution in [2.24, 2.45) is 10.8 Å². The number of nitrogens with zero attached hydrogens (tertiary/aromatic N) is 15. The molecule has 8 saturated heterocycles. The van der Waals surface area contributed by atoms with Crippen LogP contribution in [0.15, 0.2) is 115 Å². The van der Waals surface area contributed by atoms with Gasteiger partial charge in [0.25, 0.3) is 0 Å². The van der Waals surface area contributed by atoms with Gasteiger partial charge in [-0.15, -0.1) is 0 Å². The zero-order chi connectivity index (χ0) is 58.4. The predicted octanol–water partition coefficient (Wildman–Crippen LogP) is 7.50. The van der Waals surface area contributed by atoms with E-state index in [1.54, 1.807) is 31.1 Å². The summed E-state index contributed by atoms with van der Waals surface area (Å²) < 4.78 is 14.8. The van der Waals surface area contributed by atoms with Gasteiger partial charge in [0, 0.05) is 170 Å². The lowest BCUT2D eigenvalue weighted by molar-refractivity contribution is -0.136. The molecule has 4 unspecified atom stereocenters. The quantitative estimate of drug-likeness (QED) is 0.114. The van der Waals surface area contributed by atoms with Gasteiger partial charge in [0.15, 0.2) is 0 Å². The van der Waals surface area contributed by atoms with Gasteiger partial charge >= 0.3 is 0 Å². The summed E-state index contributed by atoms with van der Waals surface area (Å²) >= 11 is 3.55. The normalized spacial score (nSPS) is 23.3. The minimum absolute atomic E-state index is 0.222. The van der Waals surface area contributed by atoms with Gasteiger partial charge in [-0.3, -0.25) is 9.80 Å². The Morgan fingerprint density at radius 3 is 1.45 bits per heavy atom. The highest BCUT2D eigenvalue weighted by atomic mass is 79.9. The van der Waals surface area contributed by atoms with Gasteiger partial charge in [0.2, 0.25) is 11.8 Å². The Labute approximate surface area is 502 Å². The van der Waals surface area contributed by atoms with Gasteiger partial charge in [-0.25, -0.2) is 29.0 Å². The highest BCUT2D eigenvalue weighted by molar-refractivity contribution is 9.10. The molecule has 18 rings (SSSR count). The zero-order valence-corrected chi connectivity index (χ0v) is 49.9. The molecule has 8 aromatic heterocycles. The Balaban J connectivity index is 0.000000133. The first kappa shape index (κ1) is 55.1. The second-order valence-corrected chi connectivity index (χ2v) is 26.7. The lowest BCUT2D eigenvalue weighted by atomic mass is 9.56. The average Bonchev–Trinajstić information content (AvgIpc) is 1.15. The molecule has 20 nitrogen and oxygen atoms in total. The summed E-state index contributed by atoms with van der Waals surface area (Å²) in [7, 11) is 3.28. The predicted molar refractivity (Wildman–Crippen MR) is 325 cm³/mol. The van der Waals surface area contributed by atoms with E-state index in [2.05, 4.69) is 121 Å². The summed E-state index contributed by atoms with van der Waals surface area (Å²) in [6.07, 6.45) is 20.9. The molecule has 2 aliphatic carbocycles. The molecule has 85 heavy (non-hydrogen) atoms. The van der Waals surface area contributed by atoms with Gasteiger partial charge in [0.05, 0.1) is 71.9 Å². The van der Waals surface area contributed by atoms with Crippen LogP contribution in [0, 0.1) is 33.5 Å². The van der Waals surface area contributed by atoms with Crippen LogP contribution in [-0.2, 0) is 13.1 Å². The van der Waals surface area contributed by atoms with Gasteiger partial charge in [-0.1, -0.05) is 12.1 Å². The van der Waals surface area contributed by atoms with Crippen LogP contribution in [0.3, 0.4) is 0 Å². The third kappa shape index (κ3) is 10.5. The van der Waals surface area contributed by atoms with E-state index in [9.17, 15) is 20.7 Å². The Morgan fingerprint density at radius 1 is 0.588 bits per heavy atom. The monoisotopic (exact) mass is 1200 g/mol. The van der Waals surface area contributed by atoms with Crippen molar-refractivity contribution in [2.75, 3.05) is 81.3 Å². The number of anilines is 3. The van der Waals surface area contributed by atoms with E-state index in [4.69, 9.17) is 19.4 Å². The molecule has 10 fully saturated rings. The van der Waals surface area contributed by atoms with Crippen LogP contribution in [0.2, 0.25) is 0 Å². The van der Waals surface area contributed by atoms with Crippen molar-refractivity contribution < 1.29 is 19.7 Å². The first-order valence-electron chi connectivity index (χ1n) is 29.4. The van der Waals surface area contributed by atoms with E-state index < -0.39 is 5.60 Å². The fourth-order valence-electron chi connectivity index (χ4n) is 15.4. The standard InChI is InChI=1S/C32H34N8O2.C25H22BrN7O.C7H13NO/c1-31(41)17-32(18-31)19-38(20-32)24-8-27(30-23(9-33)12-36-40(30)16-24)22-4-5-28(34-11-22)37-14-25-7-26(15-37)39(25)13-21-3-6-29(42-2)35-10-21;1-34-24-5-2-16(9-29-24)12-32-20-7-21(32)15-31(14-20)23-4-3-17(10-28-23)22-6-19(26)13-33-25(22)18(8-27)11-30-33;1-6(9)2-7(3-6)4-8-5-7/h3-6,8,10-12,16,25-26,41H,7,13-15,17-20H2,1-2H3;2-6,9-11,13,20-21H,7,12,14-15H2,1H3;8-9H,2-5H2,1H3. The van der Waals surface area contributed by atoms with Gasteiger partial charge in [-0.05, 0) is 116 Å². The van der Waals surface area contributed by atoms with Gasteiger partial charge in [-0.2, -0.15) is 20.7 Å². The number of aromatic nitrogens is 8. The minimum Gasteiger partial charge on any atom is -0.481 e. The number of hydrogen-bond donors (Lipinski definition) is 3. The van der Waals surface area contributed by atoms with E-state index in [0.717, 1.165) is 146 Å². The Kier molecular flexibility index (Phi) is 13.8. The Bertz CT molecular complexity index is 3840. The third-order valence-corrected chi connectivity index (χ3v) is 19.5. The van der Waals surface area contributed by atoms with Gasteiger partial charge in [0.1, 0.15) is 23.8 Å². The zero-order valence-electron chi connectivity index (χ0n) is 48.3. The molecule has 436 valence electrons. The molecule has 4 bridgehead atoms. The van der Waals surface area contributed by atoms with Crippen LogP contribution in [-0.4, -0.2) is 161 Å². The van der Waals surface area contributed by atoms with Crippen molar-refractivity contribution in [3.63, 3.8) is 0 Å². The summed E-state index contributed by atoms with van der Waals surface area (Å²) in [5, 5.41) is 51.0. The minimum atomic E-state index is -0.528. The van der Waals surface area contributed by atoms with Crippen LogP contribution in [0.5, 0.6) is 11.8 Å². The number of pyridine rings is 6. The van der Waals surface area contributed by atoms with Crippen molar-refractivity contribution in [1.82, 2.24) is 54.3 Å².